The van der Waals surface area contributed by atoms with Crippen molar-refractivity contribution in [1.82, 2.24) is 0 Å². The number of hydrogen-bond donors (Lipinski definition) is 3. The van der Waals surface area contributed by atoms with E-state index in [2.05, 4.69) is 0 Å². The molecule has 0 saturated heterocycles. The third-order valence-electron chi connectivity index (χ3n) is 3.25. The molecule has 0 bridgehead atoms. The van der Waals surface area contributed by atoms with Crippen LogP contribution in [-0.4, -0.2) is 28.5 Å². The van der Waals surface area contributed by atoms with Crippen molar-refractivity contribution in [3.63, 3.8) is 0 Å². The molecule has 15 heavy (non-hydrogen) atoms. The largest absolute Gasteiger partial charge is 0.390 e. The Morgan fingerprint density at radius 2 is 1.80 bits per heavy atom. The number of aliphatic hydroxyl groups excluding tert-OH is 2. The Hall–Kier alpha value is -0.900. The highest BCUT2D eigenvalue weighted by Gasteiger charge is 2.39. The number of aryl methyl sites for hydroxylation is 1. The van der Waals surface area contributed by atoms with Gasteiger partial charge in [0.2, 0.25) is 0 Å². The third-order valence-corrected chi connectivity index (χ3v) is 3.25. The maximum absolute atomic E-state index is 9.58. The normalized spacial score (nSPS) is 35.7. The van der Waals surface area contributed by atoms with Gasteiger partial charge < -0.3 is 15.9 Å². The SMILES string of the molecule is Cc1ccc([C@@H]2C[C@@H](O)[C@@H](O)[C@@H]2N)cc1. The van der Waals surface area contributed by atoms with Gasteiger partial charge in [-0.3, -0.25) is 0 Å². The van der Waals surface area contributed by atoms with E-state index >= 15 is 0 Å². The molecule has 3 heteroatoms. The van der Waals surface area contributed by atoms with Crippen LogP contribution >= 0.6 is 0 Å². The van der Waals surface area contributed by atoms with Gasteiger partial charge in [0, 0.05) is 12.0 Å². The van der Waals surface area contributed by atoms with Gasteiger partial charge in [0.25, 0.3) is 0 Å². The molecule has 0 amide bonds. The molecule has 1 aromatic rings. The zero-order valence-electron chi connectivity index (χ0n) is 8.80. The van der Waals surface area contributed by atoms with E-state index in [0.717, 1.165) is 5.56 Å². The molecule has 3 nitrogen and oxygen atoms in total. The molecule has 1 fully saturated rings. The lowest BCUT2D eigenvalue weighted by Crippen LogP contribution is -2.37. The maximum atomic E-state index is 9.58. The Morgan fingerprint density at radius 1 is 1.20 bits per heavy atom. The van der Waals surface area contributed by atoms with Crippen molar-refractivity contribution >= 4 is 0 Å². The van der Waals surface area contributed by atoms with Gasteiger partial charge in [-0.15, -0.1) is 0 Å². The van der Waals surface area contributed by atoms with Gasteiger partial charge in [-0.1, -0.05) is 29.8 Å². The summed E-state index contributed by atoms with van der Waals surface area (Å²) in [5, 5.41) is 19.1. The molecule has 1 aromatic carbocycles. The van der Waals surface area contributed by atoms with E-state index in [1.54, 1.807) is 0 Å². The zero-order valence-corrected chi connectivity index (χ0v) is 8.80. The summed E-state index contributed by atoms with van der Waals surface area (Å²) in [5.41, 5.74) is 8.17. The van der Waals surface area contributed by atoms with Gasteiger partial charge in [-0.25, -0.2) is 0 Å². The van der Waals surface area contributed by atoms with Gasteiger partial charge >= 0.3 is 0 Å². The molecular weight excluding hydrogens is 190 g/mol. The minimum absolute atomic E-state index is 0.0654. The molecule has 1 saturated carbocycles. The molecule has 2 rings (SSSR count). The van der Waals surface area contributed by atoms with E-state index in [-0.39, 0.29) is 12.0 Å². The Labute approximate surface area is 89.5 Å². The summed E-state index contributed by atoms with van der Waals surface area (Å²) < 4.78 is 0. The van der Waals surface area contributed by atoms with Gasteiger partial charge in [-0.2, -0.15) is 0 Å². The van der Waals surface area contributed by atoms with E-state index in [1.807, 2.05) is 31.2 Å². The summed E-state index contributed by atoms with van der Waals surface area (Å²) in [5.74, 6) is 0.0654. The van der Waals surface area contributed by atoms with Gasteiger partial charge in [0.15, 0.2) is 0 Å². The third kappa shape index (κ3) is 1.91. The fraction of sp³-hybridized carbons (Fsp3) is 0.500. The van der Waals surface area contributed by atoms with Crippen LogP contribution in [0.1, 0.15) is 23.5 Å². The lowest BCUT2D eigenvalue weighted by atomic mass is 9.93. The van der Waals surface area contributed by atoms with Crippen molar-refractivity contribution in [3.8, 4) is 0 Å². The zero-order chi connectivity index (χ0) is 11.0. The minimum Gasteiger partial charge on any atom is -0.390 e. The Balaban J connectivity index is 2.22. The molecular formula is C12H17NO2. The van der Waals surface area contributed by atoms with Gasteiger partial charge in [0.05, 0.1) is 12.2 Å². The van der Waals surface area contributed by atoms with Crippen molar-refractivity contribution in [2.45, 2.75) is 37.5 Å². The molecule has 0 unspecified atom stereocenters. The average molecular weight is 207 g/mol. The molecule has 0 spiro atoms. The predicted molar refractivity (Wildman–Crippen MR) is 58.5 cm³/mol. The van der Waals surface area contributed by atoms with Crippen LogP contribution in [0.5, 0.6) is 0 Å². The second kappa shape index (κ2) is 3.93. The van der Waals surface area contributed by atoms with Crippen LogP contribution < -0.4 is 5.73 Å². The number of aliphatic hydroxyl groups is 2. The average Bonchev–Trinajstić information content (AvgIpc) is 2.47. The summed E-state index contributed by atoms with van der Waals surface area (Å²) >= 11 is 0. The quantitative estimate of drug-likeness (QED) is 0.629. The molecule has 0 aliphatic heterocycles. The Morgan fingerprint density at radius 3 is 2.27 bits per heavy atom. The summed E-state index contributed by atoms with van der Waals surface area (Å²) in [6.45, 7) is 2.03. The second-order valence-corrected chi connectivity index (χ2v) is 4.39. The van der Waals surface area contributed by atoms with Crippen LogP contribution in [-0.2, 0) is 0 Å². The number of rotatable bonds is 1. The molecule has 4 atom stereocenters. The molecule has 0 heterocycles. The van der Waals surface area contributed by atoms with Crippen LogP contribution in [0.2, 0.25) is 0 Å². The highest BCUT2D eigenvalue weighted by Crippen LogP contribution is 2.33. The van der Waals surface area contributed by atoms with Crippen LogP contribution in [0.25, 0.3) is 0 Å². The fourth-order valence-electron chi connectivity index (χ4n) is 2.22. The van der Waals surface area contributed by atoms with Gasteiger partial charge in [0.1, 0.15) is 0 Å². The van der Waals surface area contributed by atoms with Gasteiger partial charge in [-0.05, 0) is 18.9 Å². The molecule has 4 N–H and O–H groups in total. The van der Waals surface area contributed by atoms with Crippen LogP contribution in [0.4, 0.5) is 0 Å². The highest BCUT2D eigenvalue weighted by molar-refractivity contribution is 5.27. The van der Waals surface area contributed by atoms with Crippen LogP contribution in [0, 0.1) is 6.92 Å². The van der Waals surface area contributed by atoms with E-state index in [4.69, 9.17) is 5.73 Å². The van der Waals surface area contributed by atoms with Crippen molar-refractivity contribution < 1.29 is 10.2 Å². The van der Waals surface area contributed by atoms with E-state index in [0.29, 0.717) is 6.42 Å². The van der Waals surface area contributed by atoms with Crippen molar-refractivity contribution in [2.75, 3.05) is 0 Å². The molecule has 1 aliphatic carbocycles. The first kappa shape index (κ1) is 10.6. The van der Waals surface area contributed by atoms with Crippen LogP contribution in [0.3, 0.4) is 0 Å². The maximum Gasteiger partial charge on any atom is 0.0955 e. The van der Waals surface area contributed by atoms with Crippen molar-refractivity contribution in [1.29, 1.82) is 0 Å². The molecule has 1 aliphatic rings. The van der Waals surface area contributed by atoms with Crippen LogP contribution in [0.15, 0.2) is 24.3 Å². The number of hydrogen-bond acceptors (Lipinski definition) is 3. The predicted octanol–water partition coefficient (Wildman–Crippen LogP) is 0.531. The summed E-state index contributed by atoms with van der Waals surface area (Å²) in [6, 6.07) is 7.73. The van der Waals surface area contributed by atoms with E-state index in [1.165, 1.54) is 5.56 Å². The molecule has 82 valence electrons. The number of benzene rings is 1. The highest BCUT2D eigenvalue weighted by atomic mass is 16.3. The first-order chi connectivity index (χ1) is 7.09. The standard InChI is InChI=1S/C12H17NO2/c1-7-2-4-8(5-3-7)9-6-10(14)12(15)11(9)13/h2-5,9-12,14-15H,6,13H2,1H3/t9-,10+,11+,12+/m0/s1. The fourth-order valence-corrected chi connectivity index (χ4v) is 2.22. The number of nitrogens with two attached hydrogens (primary N) is 1. The lowest BCUT2D eigenvalue weighted by molar-refractivity contribution is 0.0363. The van der Waals surface area contributed by atoms with E-state index in [9.17, 15) is 10.2 Å². The second-order valence-electron chi connectivity index (χ2n) is 4.39. The smallest absolute Gasteiger partial charge is 0.0955 e. The summed E-state index contributed by atoms with van der Waals surface area (Å²) in [4.78, 5) is 0. The minimum atomic E-state index is -0.795. The summed E-state index contributed by atoms with van der Waals surface area (Å²) in [7, 11) is 0. The topological polar surface area (TPSA) is 66.5 Å². The Kier molecular flexibility index (Phi) is 2.78. The Bertz CT molecular complexity index is 336. The first-order valence-corrected chi connectivity index (χ1v) is 5.28. The molecule has 0 radical (unpaired) electrons. The monoisotopic (exact) mass is 207 g/mol. The van der Waals surface area contributed by atoms with E-state index < -0.39 is 12.2 Å². The van der Waals surface area contributed by atoms with Crippen molar-refractivity contribution in [2.24, 2.45) is 5.73 Å². The first-order valence-electron chi connectivity index (χ1n) is 5.28. The van der Waals surface area contributed by atoms with Crippen molar-refractivity contribution in [3.05, 3.63) is 35.4 Å². The summed E-state index contributed by atoms with van der Waals surface area (Å²) in [6.07, 6.45) is -0.937. The molecule has 0 aromatic heterocycles. The lowest BCUT2D eigenvalue weighted by Gasteiger charge is -2.17.